The molecule has 2 unspecified atom stereocenters. The zero-order chi connectivity index (χ0) is 54.8. The Morgan fingerprint density at radius 1 is 0.413 bits per heavy atom. The van der Waals surface area contributed by atoms with Crippen LogP contribution in [0.3, 0.4) is 0 Å². The van der Waals surface area contributed by atoms with E-state index in [9.17, 15) is 19.5 Å². The lowest BCUT2D eigenvalue weighted by molar-refractivity contribution is -0.870. The van der Waals surface area contributed by atoms with E-state index in [0.29, 0.717) is 17.4 Å². The van der Waals surface area contributed by atoms with Crippen molar-refractivity contribution in [3.63, 3.8) is 0 Å². The van der Waals surface area contributed by atoms with Gasteiger partial charge in [0.2, 0.25) is 0 Å². The van der Waals surface area contributed by atoms with E-state index in [-0.39, 0.29) is 38.6 Å². The Labute approximate surface area is 461 Å². The van der Waals surface area contributed by atoms with Crippen LogP contribution in [0.5, 0.6) is 0 Å². The van der Waals surface area contributed by atoms with E-state index in [1.807, 2.05) is 21.1 Å². The highest BCUT2D eigenvalue weighted by atomic mass is 16.7. The van der Waals surface area contributed by atoms with Crippen LogP contribution in [0, 0.1) is 0 Å². The standard InChI is InChI=1S/C66H115NO8/c1-6-8-10-12-14-16-18-20-22-24-26-28-29-30-31-32-33-34-35-37-39-41-43-45-47-49-51-53-55-57-64(69)75-62(61-74-66(65(70)71)72-59-58-67(3,4)5)60-73-63(68)56-54-52-50-48-46-44-42-40-38-36-27-25-23-21-19-17-15-13-11-9-7-2/h8,10,14,16,20,22,25-28,30-31,33-34,62,66H,6-7,9,11-13,15,17-19,21,23-24,29,32,35-61H2,1-5H3/b10-8-,16-14-,22-20-,27-25-,28-26-,31-30-,34-33-. The number of carbonyl (C=O) groups excluding carboxylic acids is 3. The molecular formula is C66H115NO8. The molecule has 0 aliphatic heterocycles. The van der Waals surface area contributed by atoms with Gasteiger partial charge in [-0.2, -0.15) is 0 Å². The van der Waals surface area contributed by atoms with Crippen molar-refractivity contribution in [3.8, 4) is 0 Å². The highest BCUT2D eigenvalue weighted by molar-refractivity contribution is 5.70. The van der Waals surface area contributed by atoms with Crippen LogP contribution in [0.15, 0.2) is 85.1 Å². The predicted molar refractivity (Wildman–Crippen MR) is 315 cm³/mol. The number of likely N-dealkylation sites (N-methyl/N-ethyl adjacent to an activating group) is 1. The molecule has 0 heterocycles. The van der Waals surface area contributed by atoms with E-state index < -0.39 is 24.3 Å². The molecule has 0 aromatic carbocycles. The van der Waals surface area contributed by atoms with Gasteiger partial charge < -0.3 is 33.3 Å². The summed E-state index contributed by atoms with van der Waals surface area (Å²) in [6.45, 7) is 4.64. The maximum Gasteiger partial charge on any atom is 0.306 e. The molecule has 0 amide bonds. The number of nitrogens with zero attached hydrogens (tertiary/aromatic N) is 1. The van der Waals surface area contributed by atoms with Gasteiger partial charge in [0.05, 0.1) is 40.3 Å². The minimum Gasteiger partial charge on any atom is -0.545 e. The van der Waals surface area contributed by atoms with Gasteiger partial charge in [0.1, 0.15) is 13.2 Å². The number of quaternary nitrogens is 1. The van der Waals surface area contributed by atoms with Gasteiger partial charge in [0, 0.05) is 12.8 Å². The molecule has 0 aromatic rings. The van der Waals surface area contributed by atoms with Gasteiger partial charge in [0.15, 0.2) is 12.4 Å². The third-order valence-electron chi connectivity index (χ3n) is 13.1. The molecular weight excluding hydrogens is 935 g/mol. The van der Waals surface area contributed by atoms with E-state index >= 15 is 0 Å². The molecule has 0 radical (unpaired) electrons. The molecule has 432 valence electrons. The molecule has 0 aliphatic rings. The molecule has 0 fully saturated rings. The monoisotopic (exact) mass is 1050 g/mol. The molecule has 0 rings (SSSR count). The molecule has 0 bridgehead atoms. The SMILES string of the molecule is CC/C=C\C/C=C\C/C=C\C/C=C\C/C=C\C/C=C\CCCCCCCCCCCCC(=O)OC(COC(=O)CCCCCCCCCCC/C=C\CCCCCCCCCC)COC(OCC[N+](C)(C)C)C(=O)[O-]. The van der Waals surface area contributed by atoms with Gasteiger partial charge in [0.25, 0.3) is 0 Å². The van der Waals surface area contributed by atoms with Crippen molar-refractivity contribution in [3.05, 3.63) is 85.1 Å². The Balaban J connectivity index is 4.23. The first kappa shape index (κ1) is 71.5. The first-order chi connectivity index (χ1) is 36.6. The first-order valence-electron chi connectivity index (χ1n) is 30.7. The van der Waals surface area contributed by atoms with E-state index in [2.05, 4.69) is 98.9 Å². The molecule has 0 saturated heterocycles. The van der Waals surface area contributed by atoms with E-state index in [0.717, 1.165) is 83.5 Å². The van der Waals surface area contributed by atoms with Gasteiger partial charge in [-0.25, -0.2) is 0 Å². The molecule has 0 saturated carbocycles. The summed E-state index contributed by atoms with van der Waals surface area (Å²) in [4.78, 5) is 37.4. The van der Waals surface area contributed by atoms with Gasteiger partial charge in [-0.1, -0.05) is 240 Å². The third-order valence-corrected chi connectivity index (χ3v) is 13.1. The summed E-state index contributed by atoms with van der Waals surface area (Å²) in [5, 5.41) is 11.8. The van der Waals surface area contributed by atoms with Crippen molar-refractivity contribution in [2.75, 3.05) is 47.5 Å². The average Bonchev–Trinajstić information content (AvgIpc) is 3.38. The van der Waals surface area contributed by atoms with E-state index in [4.69, 9.17) is 18.9 Å². The number of allylic oxidation sites excluding steroid dienone is 14. The first-order valence-corrected chi connectivity index (χ1v) is 30.7. The van der Waals surface area contributed by atoms with Crippen LogP contribution in [-0.2, 0) is 33.3 Å². The zero-order valence-corrected chi connectivity index (χ0v) is 49.1. The molecule has 0 aromatic heterocycles. The highest BCUT2D eigenvalue weighted by Gasteiger charge is 2.22. The number of esters is 2. The van der Waals surface area contributed by atoms with Crippen LogP contribution >= 0.6 is 0 Å². The lowest BCUT2D eigenvalue weighted by Crippen LogP contribution is -2.44. The van der Waals surface area contributed by atoms with Gasteiger partial charge in [-0.05, 0) is 89.9 Å². The molecule has 9 nitrogen and oxygen atoms in total. The summed E-state index contributed by atoms with van der Waals surface area (Å²) in [6, 6.07) is 0. The summed E-state index contributed by atoms with van der Waals surface area (Å²) in [5.41, 5.74) is 0. The largest absolute Gasteiger partial charge is 0.545 e. The molecule has 0 aliphatic carbocycles. The molecule has 9 heteroatoms. The summed E-state index contributed by atoms with van der Waals surface area (Å²) >= 11 is 0. The Morgan fingerprint density at radius 3 is 1.15 bits per heavy atom. The number of hydrogen-bond donors (Lipinski definition) is 0. The van der Waals surface area contributed by atoms with Crippen molar-refractivity contribution in [1.82, 2.24) is 0 Å². The Bertz CT molecular complexity index is 1500. The molecule has 75 heavy (non-hydrogen) atoms. The number of ether oxygens (including phenoxy) is 4. The number of aliphatic carboxylic acids is 1. The fourth-order valence-electron chi connectivity index (χ4n) is 8.42. The second-order valence-corrected chi connectivity index (χ2v) is 21.6. The molecule has 2 atom stereocenters. The maximum atomic E-state index is 12.9. The van der Waals surface area contributed by atoms with Crippen LogP contribution < -0.4 is 5.11 Å². The van der Waals surface area contributed by atoms with Crippen molar-refractivity contribution >= 4 is 17.9 Å². The highest BCUT2D eigenvalue weighted by Crippen LogP contribution is 2.16. The summed E-state index contributed by atoms with van der Waals surface area (Å²) in [7, 11) is 5.92. The Morgan fingerprint density at radius 2 is 0.760 bits per heavy atom. The maximum absolute atomic E-state index is 12.9. The number of carboxylic acids is 1. The topological polar surface area (TPSA) is 111 Å². The van der Waals surface area contributed by atoms with E-state index in [1.54, 1.807) is 0 Å². The summed E-state index contributed by atoms with van der Waals surface area (Å²) in [5.74, 6) is -2.29. The van der Waals surface area contributed by atoms with Crippen LogP contribution in [0.1, 0.15) is 258 Å². The minimum atomic E-state index is -1.63. The van der Waals surface area contributed by atoms with Crippen molar-refractivity contribution < 1.29 is 42.9 Å². The average molecular weight is 1050 g/mol. The number of carbonyl (C=O) groups is 3. The number of hydrogen-bond acceptors (Lipinski definition) is 8. The van der Waals surface area contributed by atoms with Crippen LogP contribution in [0.25, 0.3) is 0 Å². The molecule has 0 N–H and O–H groups in total. The smallest absolute Gasteiger partial charge is 0.306 e. The fraction of sp³-hybridized carbons (Fsp3) is 0.742. The van der Waals surface area contributed by atoms with Crippen LogP contribution in [0.4, 0.5) is 0 Å². The fourth-order valence-corrected chi connectivity index (χ4v) is 8.42. The second kappa shape index (κ2) is 56.7. The Hall–Kier alpha value is -3.53. The summed E-state index contributed by atoms with van der Waals surface area (Å²) in [6.07, 6.45) is 72.0. The Kier molecular flexibility index (Phi) is 54.0. The normalized spacial score (nSPS) is 13.3. The second-order valence-electron chi connectivity index (χ2n) is 21.6. The van der Waals surface area contributed by atoms with Crippen molar-refractivity contribution in [2.45, 2.75) is 270 Å². The van der Waals surface area contributed by atoms with Gasteiger partial charge >= 0.3 is 11.9 Å². The van der Waals surface area contributed by atoms with Crippen molar-refractivity contribution in [1.29, 1.82) is 0 Å². The number of rotatable bonds is 56. The third kappa shape index (κ3) is 58.0. The van der Waals surface area contributed by atoms with Gasteiger partial charge in [-0.15, -0.1) is 0 Å². The predicted octanol–water partition coefficient (Wildman–Crippen LogP) is 17.0. The number of unbranched alkanes of at least 4 members (excludes halogenated alkanes) is 27. The quantitative estimate of drug-likeness (QED) is 0.0195. The van der Waals surface area contributed by atoms with Crippen LogP contribution in [0.2, 0.25) is 0 Å². The van der Waals surface area contributed by atoms with Crippen LogP contribution in [-0.4, -0.2) is 82.3 Å². The lowest BCUT2D eigenvalue weighted by Gasteiger charge is -2.26. The van der Waals surface area contributed by atoms with Crippen molar-refractivity contribution in [2.24, 2.45) is 0 Å². The number of carboxylic acid groups (broad SMARTS) is 1. The zero-order valence-electron chi connectivity index (χ0n) is 49.1. The minimum absolute atomic E-state index is 0.143. The van der Waals surface area contributed by atoms with E-state index in [1.165, 1.54) is 141 Å². The summed E-state index contributed by atoms with van der Waals surface area (Å²) < 4.78 is 22.7. The van der Waals surface area contributed by atoms with Gasteiger partial charge in [-0.3, -0.25) is 9.59 Å². The molecule has 0 spiro atoms. The lowest BCUT2D eigenvalue weighted by atomic mass is 10.0.